The molecule has 1 aromatic rings. The number of amides is 1. The van der Waals surface area contributed by atoms with Gasteiger partial charge in [0.15, 0.2) is 5.78 Å². The summed E-state index contributed by atoms with van der Waals surface area (Å²) in [5.41, 5.74) is -1.40. The van der Waals surface area contributed by atoms with Gasteiger partial charge in [-0.2, -0.15) is 0 Å². The standard InChI is InChI=1S/C16H20FNO5/c1-2-3-6-23-15(21)18-9-16(22,10-18)8-14(20)12-5-4-11(17)7-13(12)19/h4-5,7,19,22H,2-3,6,8-10H2,1H3. The van der Waals surface area contributed by atoms with Crippen LogP contribution in [0.1, 0.15) is 36.5 Å². The number of phenolic OH excluding ortho intramolecular Hbond substituents is 1. The van der Waals surface area contributed by atoms with Crippen LogP contribution >= 0.6 is 0 Å². The molecule has 0 saturated carbocycles. The predicted octanol–water partition coefficient (Wildman–Crippen LogP) is 2.09. The summed E-state index contributed by atoms with van der Waals surface area (Å²) in [5, 5.41) is 19.8. The quantitative estimate of drug-likeness (QED) is 0.618. The number of carbonyl (C=O) groups is 2. The molecule has 126 valence electrons. The van der Waals surface area contributed by atoms with E-state index in [0.29, 0.717) is 6.61 Å². The van der Waals surface area contributed by atoms with Crippen molar-refractivity contribution in [3.05, 3.63) is 29.6 Å². The van der Waals surface area contributed by atoms with Gasteiger partial charge in [0.1, 0.15) is 17.2 Å². The first-order valence-corrected chi connectivity index (χ1v) is 7.50. The van der Waals surface area contributed by atoms with Crippen molar-refractivity contribution in [2.75, 3.05) is 19.7 Å². The molecule has 2 N–H and O–H groups in total. The number of aliphatic hydroxyl groups is 1. The van der Waals surface area contributed by atoms with Crippen molar-refractivity contribution in [2.24, 2.45) is 0 Å². The number of benzene rings is 1. The van der Waals surface area contributed by atoms with E-state index in [1.807, 2.05) is 6.92 Å². The normalized spacial score (nSPS) is 15.9. The minimum Gasteiger partial charge on any atom is -0.507 e. The first-order valence-electron chi connectivity index (χ1n) is 7.50. The Hall–Kier alpha value is -2.15. The lowest BCUT2D eigenvalue weighted by Gasteiger charge is -2.45. The van der Waals surface area contributed by atoms with E-state index >= 15 is 0 Å². The highest BCUT2D eigenvalue weighted by molar-refractivity contribution is 5.99. The van der Waals surface area contributed by atoms with Gasteiger partial charge in [0.2, 0.25) is 0 Å². The summed E-state index contributed by atoms with van der Waals surface area (Å²) in [4.78, 5) is 25.1. The minimum atomic E-state index is -1.35. The highest BCUT2D eigenvalue weighted by atomic mass is 19.1. The number of rotatable bonds is 6. The number of likely N-dealkylation sites (tertiary alicyclic amines) is 1. The second-order valence-corrected chi connectivity index (χ2v) is 5.81. The number of aromatic hydroxyl groups is 1. The number of hydrogen-bond acceptors (Lipinski definition) is 5. The average molecular weight is 325 g/mol. The van der Waals surface area contributed by atoms with E-state index in [2.05, 4.69) is 0 Å². The Morgan fingerprint density at radius 2 is 2.09 bits per heavy atom. The Labute approximate surface area is 133 Å². The van der Waals surface area contributed by atoms with Crippen molar-refractivity contribution >= 4 is 11.9 Å². The van der Waals surface area contributed by atoms with Crippen LogP contribution in [0, 0.1) is 5.82 Å². The number of β-amino-alcohol motifs (C(OH)–C–C–N with tert-alkyl or cyclic N) is 1. The van der Waals surface area contributed by atoms with Gasteiger partial charge in [-0.05, 0) is 18.6 Å². The zero-order valence-electron chi connectivity index (χ0n) is 12.9. The van der Waals surface area contributed by atoms with Gasteiger partial charge in [-0.1, -0.05) is 13.3 Å². The number of ether oxygens (including phenoxy) is 1. The van der Waals surface area contributed by atoms with Crippen molar-refractivity contribution < 1.29 is 28.9 Å². The molecule has 1 fully saturated rings. The molecule has 0 unspecified atom stereocenters. The van der Waals surface area contributed by atoms with Crippen molar-refractivity contribution in [3.63, 3.8) is 0 Å². The molecular formula is C16H20FNO5. The average Bonchev–Trinajstić information content (AvgIpc) is 2.44. The maximum Gasteiger partial charge on any atom is 0.409 e. The second kappa shape index (κ2) is 6.95. The maximum atomic E-state index is 12.9. The minimum absolute atomic E-state index is 0.00828. The molecular weight excluding hydrogens is 305 g/mol. The lowest BCUT2D eigenvalue weighted by molar-refractivity contribution is -0.0871. The molecule has 0 aliphatic carbocycles. The SMILES string of the molecule is CCCCOC(=O)N1CC(O)(CC(=O)c2ccc(F)cc2O)C1. The smallest absolute Gasteiger partial charge is 0.409 e. The van der Waals surface area contributed by atoms with Crippen LogP contribution in [0.2, 0.25) is 0 Å². The molecule has 23 heavy (non-hydrogen) atoms. The van der Waals surface area contributed by atoms with Gasteiger partial charge >= 0.3 is 6.09 Å². The summed E-state index contributed by atoms with van der Waals surface area (Å²) in [7, 11) is 0. The third-order valence-electron chi connectivity index (χ3n) is 3.70. The molecule has 1 aromatic carbocycles. The van der Waals surface area contributed by atoms with E-state index in [1.165, 1.54) is 11.0 Å². The van der Waals surface area contributed by atoms with Crippen LogP contribution in [0.3, 0.4) is 0 Å². The fraction of sp³-hybridized carbons (Fsp3) is 0.500. The van der Waals surface area contributed by atoms with Crippen LogP contribution in [-0.4, -0.2) is 52.3 Å². The summed E-state index contributed by atoms with van der Waals surface area (Å²) < 4.78 is 17.9. The van der Waals surface area contributed by atoms with Gasteiger partial charge < -0.3 is 19.8 Å². The van der Waals surface area contributed by atoms with E-state index in [1.54, 1.807) is 0 Å². The number of Topliss-reactive ketones (excluding diaryl/α,β-unsaturated/α-hetero) is 1. The van der Waals surface area contributed by atoms with E-state index in [4.69, 9.17) is 4.74 Å². The van der Waals surface area contributed by atoms with Gasteiger partial charge in [-0.15, -0.1) is 0 Å². The molecule has 1 heterocycles. The van der Waals surface area contributed by atoms with E-state index in [0.717, 1.165) is 25.0 Å². The molecule has 7 heteroatoms. The van der Waals surface area contributed by atoms with Crippen LogP contribution in [0.25, 0.3) is 0 Å². The van der Waals surface area contributed by atoms with Crippen LogP contribution in [0.4, 0.5) is 9.18 Å². The Morgan fingerprint density at radius 3 is 2.70 bits per heavy atom. The van der Waals surface area contributed by atoms with Gasteiger partial charge in [-0.3, -0.25) is 4.79 Å². The number of halogens is 1. The third kappa shape index (κ3) is 4.19. The van der Waals surface area contributed by atoms with Crippen LogP contribution < -0.4 is 0 Å². The summed E-state index contributed by atoms with van der Waals surface area (Å²) >= 11 is 0. The number of unbranched alkanes of at least 4 members (excludes halogenated alkanes) is 1. The number of hydrogen-bond donors (Lipinski definition) is 2. The van der Waals surface area contributed by atoms with Gasteiger partial charge in [0.05, 0.1) is 25.3 Å². The van der Waals surface area contributed by atoms with E-state index in [9.17, 15) is 24.2 Å². The zero-order valence-corrected chi connectivity index (χ0v) is 12.9. The number of carbonyl (C=O) groups excluding carboxylic acids is 2. The zero-order chi connectivity index (χ0) is 17.0. The summed E-state index contributed by atoms with van der Waals surface area (Å²) in [6.07, 6.45) is 0.907. The fourth-order valence-corrected chi connectivity index (χ4v) is 2.43. The van der Waals surface area contributed by atoms with Gasteiger partial charge in [0.25, 0.3) is 0 Å². The first kappa shape index (κ1) is 17.2. The number of nitrogens with zero attached hydrogens (tertiary/aromatic N) is 1. The molecule has 6 nitrogen and oxygen atoms in total. The largest absolute Gasteiger partial charge is 0.507 e. The molecule has 0 bridgehead atoms. The molecule has 2 rings (SSSR count). The Bertz CT molecular complexity index is 598. The number of ketones is 1. The third-order valence-corrected chi connectivity index (χ3v) is 3.70. The summed E-state index contributed by atoms with van der Waals surface area (Å²) in [6.45, 7) is 2.29. The maximum absolute atomic E-state index is 12.9. The lowest BCUT2D eigenvalue weighted by atomic mass is 9.87. The second-order valence-electron chi connectivity index (χ2n) is 5.81. The lowest BCUT2D eigenvalue weighted by Crippen LogP contribution is -2.64. The molecule has 0 radical (unpaired) electrons. The summed E-state index contributed by atoms with van der Waals surface area (Å²) in [6, 6.07) is 3.08. The first-order chi connectivity index (χ1) is 10.8. The molecule has 0 aromatic heterocycles. The number of phenols is 1. The van der Waals surface area contributed by atoms with Crippen molar-refractivity contribution in [1.82, 2.24) is 4.90 Å². The van der Waals surface area contributed by atoms with Crippen molar-refractivity contribution in [3.8, 4) is 5.75 Å². The molecule has 0 spiro atoms. The molecule has 1 amide bonds. The van der Waals surface area contributed by atoms with Gasteiger partial charge in [-0.25, -0.2) is 9.18 Å². The van der Waals surface area contributed by atoms with Crippen LogP contribution in [-0.2, 0) is 4.74 Å². The van der Waals surface area contributed by atoms with Crippen molar-refractivity contribution in [1.29, 1.82) is 0 Å². The monoisotopic (exact) mass is 325 g/mol. The van der Waals surface area contributed by atoms with Crippen molar-refractivity contribution in [2.45, 2.75) is 31.8 Å². The Morgan fingerprint density at radius 1 is 1.39 bits per heavy atom. The Kier molecular flexibility index (Phi) is 5.20. The molecule has 1 saturated heterocycles. The molecule has 1 aliphatic heterocycles. The predicted molar refractivity (Wildman–Crippen MR) is 79.8 cm³/mol. The van der Waals surface area contributed by atoms with E-state index < -0.39 is 29.0 Å². The van der Waals surface area contributed by atoms with Gasteiger partial charge in [0, 0.05) is 12.5 Å². The van der Waals surface area contributed by atoms with Crippen LogP contribution in [0.5, 0.6) is 5.75 Å². The fourth-order valence-electron chi connectivity index (χ4n) is 2.43. The molecule has 0 atom stereocenters. The highest BCUT2D eigenvalue weighted by Gasteiger charge is 2.46. The highest BCUT2D eigenvalue weighted by Crippen LogP contribution is 2.29. The molecule has 1 aliphatic rings. The Balaban J connectivity index is 1.87. The van der Waals surface area contributed by atoms with E-state index in [-0.39, 0.29) is 25.1 Å². The summed E-state index contributed by atoms with van der Waals surface area (Å²) in [5.74, 6) is -1.62. The topological polar surface area (TPSA) is 87.1 Å². The van der Waals surface area contributed by atoms with Crippen LogP contribution in [0.15, 0.2) is 18.2 Å².